The fourth-order valence-corrected chi connectivity index (χ4v) is 2.76. The molecule has 0 radical (unpaired) electrons. The van der Waals surface area contributed by atoms with Crippen LogP contribution in [0.2, 0.25) is 0 Å². The number of hydrogen-bond donors (Lipinski definition) is 1. The van der Waals surface area contributed by atoms with Gasteiger partial charge in [-0.05, 0) is 31.0 Å². The number of oxazole rings is 1. The Morgan fingerprint density at radius 1 is 1.21 bits per heavy atom. The zero-order chi connectivity index (χ0) is 13.2. The molecule has 19 heavy (non-hydrogen) atoms. The zero-order valence-electron chi connectivity index (χ0n) is 11.8. The van der Waals surface area contributed by atoms with Crippen molar-refractivity contribution < 1.29 is 4.42 Å². The van der Waals surface area contributed by atoms with Crippen molar-refractivity contribution in [1.82, 2.24) is 4.98 Å². The van der Waals surface area contributed by atoms with Gasteiger partial charge >= 0.3 is 0 Å². The van der Waals surface area contributed by atoms with E-state index >= 15 is 0 Å². The Morgan fingerprint density at radius 2 is 2.00 bits per heavy atom. The highest BCUT2D eigenvalue weighted by molar-refractivity contribution is 5.77. The molecular weight excluding hydrogens is 236 g/mol. The monoisotopic (exact) mass is 258 g/mol. The molecule has 0 unspecified atom stereocenters. The second-order valence-corrected chi connectivity index (χ2v) is 5.87. The van der Waals surface area contributed by atoms with E-state index in [1.165, 1.54) is 37.8 Å². The average Bonchev–Trinajstić information content (AvgIpc) is 2.83. The second-order valence-electron chi connectivity index (χ2n) is 5.87. The van der Waals surface area contributed by atoms with E-state index in [9.17, 15) is 0 Å². The van der Waals surface area contributed by atoms with E-state index < -0.39 is 0 Å². The minimum absolute atomic E-state index is 0.335. The van der Waals surface area contributed by atoms with E-state index in [0.29, 0.717) is 12.0 Å². The molecule has 1 aromatic heterocycles. The standard InChI is InChI=1S/C16H22N2O/c1-11(2)16-18-14-10-13(8-9-15(14)19-16)17-12-6-4-3-5-7-12/h8-12,17H,3-7H2,1-2H3. The van der Waals surface area contributed by atoms with Crippen LogP contribution in [-0.2, 0) is 0 Å². The van der Waals surface area contributed by atoms with Gasteiger partial charge in [0.1, 0.15) is 5.52 Å². The van der Waals surface area contributed by atoms with Crippen molar-refractivity contribution in [3.8, 4) is 0 Å². The van der Waals surface area contributed by atoms with Crippen molar-refractivity contribution in [2.75, 3.05) is 5.32 Å². The lowest BCUT2D eigenvalue weighted by Gasteiger charge is -2.23. The molecule has 0 amide bonds. The molecule has 1 saturated carbocycles. The van der Waals surface area contributed by atoms with Crippen molar-refractivity contribution in [2.45, 2.75) is 57.9 Å². The smallest absolute Gasteiger partial charge is 0.198 e. The predicted octanol–water partition coefficient (Wildman–Crippen LogP) is 4.70. The maximum Gasteiger partial charge on any atom is 0.198 e. The van der Waals surface area contributed by atoms with E-state index in [2.05, 4.69) is 36.3 Å². The Morgan fingerprint density at radius 3 is 2.74 bits per heavy atom. The quantitative estimate of drug-likeness (QED) is 0.867. The zero-order valence-corrected chi connectivity index (χ0v) is 11.8. The van der Waals surface area contributed by atoms with Crippen molar-refractivity contribution in [2.24, 2.45) is 0 Å². The van der Waals surface area contributed by atoms with Gasteiger partial charge in [-0.2, -0.15) is 0 Å². The van der Waals surface area contributed by atoms with E-state index in [4.69, 9.17) is 4.42 Å². The molecule has 3 heteroatoms. The minimum atomic E-state index is 0.335. The molecule has 3 nitrogen and oxygen atoms in total. The first-order valence-electron chi connectivity index (χ1n) is 7.39. The third-order valence-electron chi connectivity index (χ3n) is 3.87. The van der Waals surface area contributed by atoms with E-state index in [1.54, 1.807) is 0 Å². The molecule has 0 aliphatic heterocycles. The van der Waals surface area contributed by atoms with Crippen LogP contribution in [0, 0.1) is 0 Å². The minimum Gasteiger partial charge on any atom is -0.440 e. The number of rotatable bonds is 3. The summed E-state index contributed by atoms with van der Waals surface area (Å²) in [7, 11) is 0. The van der Waals surface area contributed by atoms with Gasteiger partial charge in [-0.1, -0.05) is 33.1 Å². The van der Waals surface area contributed by atoms with Gasteiger partial charge in [-0.25, -0.2) is 4.98 Å². The summed E-state index contributed by atoms with van der Waals surface area (Å²) in [5.74, 6) is 1.16. The van der Waals surface area contributed by atoms with Gasteiger partial charge in [0.2, 0.25) is 0 Å². The average molecular weight is 258 g/mol. The van der Waals surface area contributed by atoms with Crippen molar-refractivity contribution in [1.29, 1.82) is 0 Å². The van der Waals surface area contributed by atoms with Crippen LogP contribution < -0.4 is 5.32 Å². The second kappa shape index (κ2) is 5.24. The lowest BCUT2D eigenvalue weighted by Crippen LogP contribution is -2.22. The number of benzene rings is 1. The Hall–Kier alpha value is -1.51. The molecule has 0 atom stereocenters. The van der Waals surface area contributed by atoms with Crippen LogP contribution in [0.3, 0.4) is 0 Å². The molecule has 0 bridgehead atoms. The summed E-state index contributed by atoms with van der Waals surface area (Å²) < 4.78 is 5.74. The Labute approximate surface area is 114 Å². The van der Waals surface area contributed by atoms with Crippen LogP contribution in [-0.4, -0.2) is 11.0 Å². The largest absolute Gasteiger partial charge is 0.440 e. The van der Waals surface area contributed by atoms with Gasteiger partial charge in [0.05, 0.1) is 0 Å². The summed E-state index contributed by atoms with van der Waals surface area (Å²) in [6.45, 7) is 4.21. The maximum atomic E-state index is 5.74. The van der Waals surface area contributed by atoms with Crippen LogP contribution in [0.1, 0.15) is 57.8 Å². The first kappa shape index (κ1) is 12.5. The van der Waals surface area contributed by atoms with Crippen molar-refractivity contribution in [3.63, 3.8) is 0 Å². The van der Waals surface area contributed by atoms with Gasteiger partial charge in [-0.3, -0.25) is 0 Å². The normalized spacial score (nSPS) is 17.2. The van der Waals surface area contributed by atoms with Crippen molar-refractivity contribution in [3.05, 3.63) is 24.1 Å². The molecule has 2 aromatic rings. The van der Waals surface area contributed by atoms with E-state index in [-0.39, 0.29) is 0 Å². The van der Waals surface area contributed by atoms with Gasteiger partial charge in [0.25, 0.3) is 0 Å². The van der Waals surface area contributed by atoms with Gasteiger partial charge in [0.15, 0.2) is 11.5 Å². The number of aromatic nitrogens is 1. The molecule has 0 saturated heterocycles. The number of nitrogens with zero attached hydrogens (tertiary/aromatic N) is 1. The maximum absolute atomic E-state index is 5.74. The van der Waals surface area contributed by atoms with E-state index in [0.717, 1.165) is 17.0 Å². The Bertz CT molecular complexity index is 553. The third-order valence-corrected chi connectivity index (χ3v) is 3.87. The first-order valence-corrected chi connectivity index (χ1v) is 7.39. The van der Waals surface area contributed by atoms with Crippen LogP contribution in [0.4, 0.5) is 5.69 Å². The fourth-order valence-electron chi connectivity index (χ4n) is 2.76. The van der Waals surface area contributed by atoms with Crippen molar-refractivity contribution >= 4 is 16.8 Å². The molecule has 1 aliphatic rings. The highest BCUT2D eigenvalue weighted by atomic mass is 16.3. The summed E-state index contributed by atoms with van der Waals surface area (Å²) >= 11 is 0. The molecule has 1 fully saturated rings. The van der Waals surface area contributed by atoms with Gasteiger partial charge in [0, 0.05) is 17.6 Å². The molecule has 3 rings (SSSR count). The van der Waals surface area contributed by atoms with Crippen LogP contribution >= 0.6 is 0 Å². The molecule has 0 spiro atoms. The van der Waals surface area contributed by atoms with Crippen LogP contribution in [0.15, 0.2) is 22.6 Å². The van der Waals surface area contributed by atoms with Gasteiger partial charge in [-0.15, -0.1) is 0 Å². The summed E-state index contributed by atoms with van der Waals surface area (Å²) in [6, 6.07) is 6.87. The predicted molar refractivity (Wildman–Crippen MR) is 78.6 cm³/mol. The van der Waals surface area contributed by atoms with Crippen LogP contribution in [0.5, 0.6) is 0 Å². The highest BCUT2D eigenvalue weighted by Gasteiger charge is 2.14. The van der Waals surface area contributed by atoms with E-state index in [1.807, 2.05) is 6.07 Å². The highest BCUT2D eigenvalue weighted by Crippen LogP contribution is 2.26. The number of fused-ring (bicyclic) bond motifs is 1. The summed E-state index contributed by atoms with van der Waals surface area (Å²) in [5.41, 5.74) is 3.02. The SMILES string of the molecule is CC(C)c1nc2cc(NC3CCCCC3)ccc2o1. The molecule has 1 N–H and O–H groups in total. The third kappa shape index (κ3) is 2.75. The van der Waals surface area contributed by atoms with Gasteiger partial charge < -0.3 is 9.73 Å². The fraction of sp³-hybridized carbons (Fsp3) is 0.562. The summed E-state index contributed by atoms with van der Waals surface area (Å²) in [6.07, 6.45) is 6.66. The summed E-state index contributed by atoms with van der Waals surface area (Å²) in [5, 5.41) is 3.63. The molecule has 1 heterocycles. The Kier molecular flexibility index (Phi) is 3.45. The lowest BCUT2D eigenvalue weighted by atomic mass is 9.95. The molecule has 1 aromatic carbocycles. The number of anilines is 1. The summed E-state index contributed by atoms with van der Waals surface area (Å²) in [4.78, 5) is 4.56. The molecule has 1 aliphatic carbocycles. The molecular formula is C16H22N2O. The lowest BCUT2D eigenvalue weighted by molar-refractivity contribution is 0.463. The van der Waals surface area contributed by atoms with Crippen LogP contribution in [0.25, 0.3) is 11.1 Å². The number of hydrogen-bond acceptors (Lipinski definition) is 3. The molecule has 102 valence electrons. The Balaban J connectivity index is 1.80. The number of nitrogens with one attached hydrogen (secondary N) is 1. The first-order chi connectivity index (χ1) is 9.22. The topological polar surface area (TPSA) is 38.1 Å².